The predicted octanol–water partition coefficient (Wildman–Crippen LogP) is 3.99. The Morgan fingerprint density at radius 3 is 2.30 bits per heavy atom. The molecule has 0 aliphatic rings. The molecule has 27 heavy (non-hydrogen) atoms. The summed E-state index contributed by atoms with van der Waals surface area (Å²) < 4.78 is 5.69. The van der Waals surface area contributed by atoms with Crippen molar-refractivity contribution < 1.29 is 9.53 Å². The van der Waals surface area contributed by atoms with Crippen molar-refractivity contribution in [1.82, 2.24) is 5.43 Å². The lowest BCUT2D eigenvalue weighted by Crippen LogP contribution is -2.25. The largest absolute Gasteiger partial charge is 0.483 e. The number of hydrazone groups is 1. The topological polar surface area (TPSA) is 53.9 Å². The van der Waals surface area contributed by atoms with Crippen molar-refractivity contribution in [2.24, 2.45) is 5.10 Å². The smallest absolute Gasteiger partial charge is 0.277 e. The summed E-state index contributed by atoms with van der Waals surface area (Å²) in [5.74, 6) is 0.479. The molecule has 0 aromatic heterocycles. The second kappa shape index (κ2) is 9.76. The molecule has 0 heterocycles. The minimum Gasteiger partial charge on any atom is -0.483 e. The Morgan fingerprint density at radius 1 is 1.04 bits per heavy atom. The number of aryl methyl sites for hydroxylation is 2. The summed E-state index contributed by atoms with van der Waals surface area (Å²) in [6.07, 6.45) is 1.63. The number of hydrogen-bond donors (Lipinski definition) is 1. The first-order chi connectivity index (χ1) is 13.0. The second-order valence-electron chi connectivity index (χ2n) is 6.50. The average molecular weight is 367 g/mol. The van der Waals surface area contributed by atoms with Gasteiger partial charge in [-0.1, -0.05) is 24.3 Å². The van der Waals surface area contributed by atoms with Gasteiger partial charge in [0.05, 0.1) is 6.21 Å². The quantitative estimate of drug-likeness (QED) is 0.567. The van der Waals surface area contributed by atoms with E-state index in [2.05, 4.69) is 41.4 Å². The summed E-state index contributed by atoms with van der Waals surface area (Å²) in [6, 6.07) is 12.1. The molecule has 0 aliphatic heterocycles. The van der Waals surface area contributed by atoms with Crippen LogP contribution >= 0.6 is 0 Å². The summed E-state index contributed by atoms with van der Waals surface area (Å²) >= 11 is 0. The minimum absolute atomic E-state index is 0.0661. The van der Waals surface area contributed by atoms with Gasteiger partial charge in [-0.25, -0.2) is 5.43 Å². The lowest BCUT2D eigenvalue weighted by atomic mass is 10.1. The molecule has 0 radical (unpaired) electrons. The van der Waals surface area contributed by atoms with Crippen molar-refractivity contribution >= 4 is 17.8 Å². The van der Waals surface area contributed by atoms with E-state index in [1.807, 2.05) is 45.0 Å². The lowest BCUT2D eigenvalue weighted by molar-refractivity contribution is -0.123. The number of benzene rings is 2. The van der Waals surface area contributed by atoms with Gasteiger partial charge in [0.1, 0.15) is 5.75 Å². The Balaban J connectivity index is 1.88. The van der Waals surface area contributed by atoms with Gasteiger partial charge in [0.25, 0.3) is 5.91 Å². The van der Waals surface area contributed by atoms with Crippen LogP contribution in [0.2, 0.25) is 0 Å². The molecule has 2 rings (SSSR count). The summed E-state index contributed by atoms with van der Waals surface area (Å²) in [6.45, 7) is 12.1. The Kier molecular flexibility index (Phi) is 7.41. The van der Waals surface area contributed by atoms with Crippen LogP contribution in [0.15, 0.2) is 41.5 Å². The lowest BCUT2D eigenvalue weighted by Gasteiger charge is -2.20. The molecule has 0 saturated carbocycles. The van der Waals surface area contributed by atoms with Crippen molar-refractivity contribution in [2.75, 3.05) is 24.6 Å². The summed E-state index contributed by atoms with van der Waals surface area (Å²) in [5.41, 5.74) is 7.83. The van der Waals surface area contributed by atoms with Crippen LogP contribution in [0.4, 0.5) is 5.69 Å². The fourth-order valence-corrected chi connectivity index (χ4v) is 2.86. The zero-order valence-electron chi connectivity index (χ0n) is 16.9. The minimum atomic E-state index is -0.286. The first-order valence-electron chi connectivity index (χ1n) is 9.32. The number of nitrogens with one attached hydrogen (secondary N) is 1. The van der Waals surface area contributed by atoms with Gasteiger partial charge in [0.2, 0.25) is 0 Å². The fourth-order valence-electron chi connectivity index (χ4n) is 2.86. The Labute approximate surface area is 162 Å². The molecule has 0 aliphatic carbocycles. The maximum Gasteiger partial charge on any atom is 0.277 e. The number of nitrogens with zero attached hydrogens (tertiary/aromatic N) is 2. The second-order valence-corrected chi connectivity index (χ2v) is 6.50. The molecule has 2 aromatic rings. The Hall–Kier alpha value is -2.82. The molecule has 0 atom stereocenters. The molecule has 0 unspecified atom stereocenters. The molecule has 5 heteroatoms. The number of hydrogen-bond acceptors (Lipinski definition) is 4. The van der Waals surface area contributed by atoms with Gasteiger partial charge >= 0.3 is 0 Å². The van der Waals surface area contributed by atoms with Crippen molar-refractivity contribution in [3.05, 3.63) is 58.7 Å². The van der Waals surface area contributed by atoms with Crippen LogP contribution in [0.5, 0.6) is 5.75 Å². The molecule has 1 amide bonds. The Morgan fingerprint density at radius 2 is 1.67 bits per heavy atom. The average Bonchev–Trinajstić information content (AvgIpc) is 2.67. The summed E-state index contributed by atoms with van der Waals surface area (Å²) in [7, 11) is 0. The van der Waals surface area contributed by atoms with Crippen LogP contribution in [0, 0.1) is 20.8 Å². The standard InChI is InChI=1S/C22H29N3O2/c1-6-25(7-2)20-12-10-19(11-13-20)14-23-24-21(26)15-27-22-17(4)9-8-16(3)18(22)5/h8-14H,6-7,15H2,1-5H3,(H,24,26). The van der Waals surface area contributed by atoms with E-state index in [4.69, 9.17) is 4.74 Å². The van der Waals surface area contributed by atoms with Crippen LogP contribution in [0.3, 0.4) is 0 Å². The summed E-state index contributed by atoms with van der Waals surface area (Å²) in [4.78, 5) is 14.3. The molecule has 1 N–H and O–H groups in total. The zero-order chi connectivity index (χ0) is 19.8. The fraction of sp³-hybridized carbons (Fsp3) is 0.364. The van der Waals surface area contributed by atoms with Crippen LogP contribution in [-0.4, -0.2) is 31.8 Å². The maximum absolute atomic E-state index is 12.0. The highest BCUT2D eigenvalue weighted by atomic mass is 16.5. The van der Waals surface area contributed by atoms with Gasteiger partial charge in [-0.15, -0.1) is 0 Å². The van der Waals surface area contributed by atoms with E-state index in [9.17, 15) is 4.79 Å². The number of amides is 1. The van der Waals surface area contributed by atoms with Gasteiger partial charge in [-0.3, -0.25) is 4.79 Å². The molecule has 144 valence electrons. The predicted molar refractivity (Wildman–Crippen MR) is 112 cm³/mol. The van der Waals surface area contributed by atoms with E-state index >= 15 is 0 Å². The van der Waals surface area contributed by atoms with Gasteiger partial charge in [-0.2, -0.15) is 5.10 Å². The van der Waals surface area contributed by atoms with E-state index < -0.39 is 0 Å². The van der Waals surface area contributed by atoms with E-state index in [1.165, 1.54) is 5.69 Å². The van der Waals surface area contributed by atoms with Crippen molar-refractivity contribution in [3.8, 4) is 5.75 Å². The van der Waals surface area contributed by atoms with Crippen molar-refractivity contribution in [1.29, 1.82) is 0 Å². The molecular formula is C22H29N3O2. The molecular weight excluding hydrogens is 338 g/mol. The van der Waals surface area contributed by atoms with Crippen LogP contribution in [0.25, 0.3) is 0 Å². The number of carbonyl (C=O) groups is 1. The third-order valence-electron chi connectivity index (χ3n) is 4.65. The number of rotatable bonds is 8. The highest BCUT2D eigenvalue weighted by Crippen LogP contribution is 2.25. The highest BCUT2D eigenvalue weighted by molar-refractivity contribution is 5.83. The SMILES string of the molecule is CCN(CC)c1ccc(C=NNC(=O)COc2c(C)ccc(C)c2C)cc1. The van der Waals surface area contributed by atoms with Crippen LogP contribution < -0.4 is 15.1 Å². The van der Waals surface area contributed by atoms with E-state index in [1.54, 1.807) is 6.21 Å². The number of ether oxygens (including phenoxy) is 1. The van der Waals surface area contributed by atoms with E-state index in [-0.39, 0.29) is 12.5 Å². The van der Waals surface area contributed by atoms with E-state index in [0.717, 1.165) is 41.1 Å². The molecule has 0 fully saturated rings. The first-order valence-corrected chi connectivity index (χ1v) is 9.32. The van der Waals surface area contributed by atoms with Gasteiger partial charge in [0.15, 0.2) is 6.61 Å². The van der Waals surface area contributed by atoms with Crippen LogP contribution in [0.1, 0.15) is 36.1 Å². The van der Waals surface area contributed by atoms with E-state index in [0.29, 0.717) is 0 Å². The zero-order valence-corrected chi connectivity index (χ0v) is 16.9. The third kappa shape index (κ3) is 5.58. The molecule has 5 nitrogen and oxygen atoms in total. The molecule has 2 aromatic carbocycles. The maximum atomic E-state index is 12.0. The van der Waals surface area contributed by atoms with Crippen molar-refractivity contribution in [3.63, 3.8) is 0 Å². The first kappa shape index (κ1) is 20.5. The van der Waals surface area contributed by atoms with Crippen LogP contribution in [-0.2, 0) is 4.79 Å². The number of carbonyl (C=O) groups excluding carboxylic acids is 1. The summed E-state index contributed by atoms with van der Waals surface area (Å²) in [5, 5.41) is 4.01. The van der Waals surface area contributed by atoms with Gasteiger partial charge in [0, 0.05) is 18.8 Å². The van der Waals surface area contributed by atoms with Crippen molar-refractivity contribution in [2.45, 2.75) is 34.6 Å². The van der Waals surface area contributed by atoms with Gasteiger partial charge in [-0.05, 0) is 69.0 Å². The Bertz CT molecular complexity index is 794. The normalized spacial score (nSPS) is 10.9. The molecule has 0 saturated heterocycles. The van der Waals surface area contributed by atoms with Gasteiger partial charge < -0.3 is 9.64 Å². The third-order valence-corrected chi connectivity index (χ3v) is 4.65. The number of anilines is 1. The monoisotopic (exact) mass is 367 g/mol. The highest BCUT2D eigenvalue weighted by Gasteiger charge is 2.08. The molecule has 0 bridgehead atoms. The molecule has 0 spiro atoms.